The van der Waals surface area contributed by atoms with Crippen molar-refractivity contribution in [3.05, 3.63) is 0 Å². The van der Waals surface area contributed by atoms with E-state index in [1.807, 2.05) is 0 Å². The van der Waals surface area contributed by atoms with Gasteiger partial charge in [0.15, 0.2) is 0 Å². The molecule has 10 fully saturated rings. The molecular weight excluding hydrogens is 424 g/mol. The fourth-order valence-corrected chi connectivity index (χ4v) is 99.2. The van der Waals surface area contributed by atoms with Crippen LogP contribution in [0.5, 0.6) is 0 Å². The fourth-order valence-electron chi connectivity index (χ4n) is 19.4. The van der Waals surface area contributed by atoms with Crippen molar-refractivity contribution in [2.45, 2.75) is 136 Å². The van der Waals surface area contributed by atoms with Gasteiger partial charge in [-0.15, -0.1) is 0 Å². The van der Waals surface area contributed by atoms with Crippen LogP contribution in [0.4, 0.5) is 0 Å². The van der Waals surface area contributed by atoms with Gasteiger partial charge in [0, 0.05) is 0 Å². The standard InChI is InChI=1S/C19H32Br.C5H5.Fe/c1-2-3-4-5-6-7-8-9-10-11-12-17-19(20)18-15-13-14-16-18;1-2-4-5-3-1;/h13-16,19H,2-12,17H2,1H3;1-5H;. The summed E-state index contributed by atoms with van der Waals surface area (Å²) >= 11 is 4.41. The summed E-state index contributed by atoms with van der Waals surface area (Å²) in [5.41, 5.74) is 0. The summed E-state index contributed by atoms with van der Waals surface area (Å²) in [4.78, 5) is 14.6. The second kappa shape index (κ2) is 1.84. The molecule has 10 aliphatic heterocycles. The summed E-state index contributed by atoms with van der Waals surface area (Å²) in [6.07, 6.45) is 18.0. The SMILES string of the molecule is CCCCCCCCCCCCCC(Br)[C]12[CH]3[CH]4[CH]5[CH]1[Fe]45321678[CH]2[CH]1[CH]6[CH]7[CH]28. The molecule has 0 bridgehead atoms. The van der Waals surface area contributed by atoms with Crippen molar-refractivity contribution in [1.82, 2.24) is 0 Å². The number of fused-ring (bicyclic) bond motifs is 10. The minimum absolute atomic E-state index is 1.02. The number of hydrogen-bond donors (Lipinski definition) is 0. The third kappa shape index (κ3) is 0.265. The van der Waals surface area contributed by atoms with E-state index in [2.05, 4.69) is 22.9 Å². The first-order valence-corrected chi connectivity index (χ1v) is 19.6. The van der Waals surface area contributed by atoms with E-state index in [9.17, 15) is 0 Å². The summed E-state index contributed by atoms with van der Waals surface area (Å²) in [6.45, 7) is -0.483. The van der Waals surface area contributed by atoms with Crippen molar-refractivity contribution in [2.75, 3.05) is 0 Å². The summed E-state index contributed by atoms with van der Waals surface area (Å²) in [7, 11) is 0. The molecule has 5 unspecified atom stereocenters. The van der Waals surface area contributed by atoms with Crippen LogP contribution in [-0.4, -0.2) is 4.83 Å². The van der Waals surface area contributed by atoms with E-state index in [4.69, 9.17) is 0 Å². The molecule has 10 aliphatic rings. The number of hydrogen-bond acceptors (Lipinski definition) is 0. The second-order valence-electron chi connectivity index (χ2n) is 14.5. The Morgan fingerprint density at radius 1 is 0.654 bits per heavy atom. The summed E-state index contributed by atoms with van der Waals surface area (Å²) in [5, 5.41) is 0. The first kappa shape index (κ1) is 14.1. The van der Waals surface area contributed by atoms with Crippen LogP contribution in [0, 0.1) is 0 Å². The van der Waals surface area contributed by atoms with E-state index in [1.54, 1.807) is 12.8 Å². The molecule has 0 aromatic heterocycles. The predicted octanol–water partition coefficient (Wildman–Crippen LogP) is 9.21. The van der Waals surface area contributed by atoms with Gasteiger partial charge in [-0.2, -0.15) is 0 Å². The van der Waals surface area contributed by atoms with E-state index in [0.29, 0.717) is 0 Å². The van der Waals surface area contributed by atoms with Crippen LogP contribution < -0.4 is 0 Å². The molecule has 2 heteroatoms. The summed E-state index contributed by atoms with van der Waals surface area (Å²) in [5.74, 6) is 0. The third-order valence-electron chi connectivity index (χ3n) is 18.3. The molecule has 0 radical (unpaired) electrons. The van der Waals surface area contributed by atoms with Crippen molar-refractivity contribution < 1.29 is 6.51 Å². The fraction of sp³-hybridized carbons (Fsp3) is 1.00. The van der Waals surface area contributed by atoms with Crippen LogP contribution in [0.25, 0.3) is 0 Å². The average molecular weight is 461 g/mol. The zero-order valence-corrected chi connectivity index (χ0v) is 19.2. The molecule has 1 spiro atoms. The Bertz CT molecular complexity index is 993. The van der Waals surface area contributed by atoms with Gasteiger partial charge in [-0.1, -0.05) is 19.8 Å². The van der Waals surface area contributed by atoms with Gasteiger partial charge in [0.05, 0.1) is 0 Å². The maximum absolute atomic E-state index is 4.41. The topological polar surface area (TPSA) is 0 Å². The van der Waals surface area contributed by atoms with Gasteiger partial charge in [-0.25, -0.2) is 0 Å². The Hall–Kier alpha value is 0.999. The Balaban J connectivity index is 0.755. The number of alkyl halides is 1. The van der Waals surface area contributed by atoms with Crippen LogP contribution in [0.2, 0.25) is 47.7 Å². The molecule has 0 aromatic rings. The Morgan fingerprint density at radius 2 is 1.08 bits per heavy atom. The Labute approximate surface area is 158 Å². The van der Waals surface area contributed by atoms with Crippen LogP contribution in [0.1, 0.15) is 84.0 Å². The molecule has 5 atom stereocenters. The van der Waals surface area contributed by atoms with Crippen LogP contribution in [0.15, 0.2) is 0 Å². The molecule has 0 saturated carbocycles. The van der Waals surface area contributed by atoms with Gasteiger partial charge in [-0.05, 0) is 0 Å². The zero-order chi connectivity index (χ0) is 17.1. The molecule has 148 valence electrons. The Kier molecular flexibility index (Phi) is 0.996. The van der Waals surface area contributed by atoms with E-state index < -0.39 is 6.51 Å². The predicted molar refractivity (Wildman–Crippen MR) is 110 cm³/mol. The van der Waals surface area contributed by atoms with Crippen molar-refractivity contribution in [2.24, 2.45) is 0 Å². The summed E-state index contributed by atoms with van der Waals surface area (Å²) in [6, 6.07) is 0. The molecule has 10 saturated heterocycles. The average Bonchev–Trinajstić information content (AvgIpc) is 3.58. The minimum atomic E-state index is -2.80. The van der Waals surface area contributed by atoms with Gasteiger partial charge < -0.3 is 0 Å². The number of halogens is 1. The molecule has 0 aromatic carbocycles. The van der Waals surface area contributed by atoms with Crippen molar-refractivity contribution in [3.8, 4) is 0 Å². The van der Waals surface area contributed by atoms with Gasteiger partial charge in [-0.3, -0.25) is 0 Å². The quantitative estimate of drug-likeness (QED) is 0.146. The van der Waals surface area contributed by atoms with E-state index in [1.165, 1.54) is 108 Å². The van der Waals surface area contributed by atoms with Crippen molar-refractivity contribution in [1.29, 1.82) is 0 Å². The Morgan fingerprint density at radius 3 is 1.42 bits per heavy atom. The van der Waals surface area contributed by atoms with Crippen LogP contribution in [-0.2, 0) is 6.51 Å². The third-order valence-corrected chi connectivity index (χ3v) is 62.6. The first-order valence-electron chi connectivity index (χ1n) is 12.4. The molecule has 10 rings (SSSR count). The molecule has 10 heterocycles. The zero-order valence-electron chi connectivity index (χ0n) is 16.5. The number of unbranched alkanes of at least 4 members (excludes halogenated alkanes) is 10. The van der Waals surface area contributed by atoms with E-state index >= 15 is 0 Å². The normalized spacial score (nSPS) is 83.4. The van der Waals surface area contributed by atoms with Crippen LogP contribution in [0.3, 0.4) is 0 Å². The van der Waals surface area contributed by atoms with Crippen molar-refractivity contribution >= 4 is 15.9 Å². The van der Waals surface area contributed by atoms with E-state index in [0.717, 1.165) is 9.14 Å². The molecule has 0 aliphatic carbocycles. The van der Waals surface area contributed by atoms with Crippen LogP contribution >= 0.6 is 15.9 Å². The van der Waals surface area contributed by atoms with Crippen molar-refractivity contribution in [3.63, 3.8) is 0 Å². The monoisotopic (exact) mass is 460 g/mol. The molecule has 26 heavy (non-hydrogen) atoms. The second-order valence-corrected chi connectivity index (χ2v) is 39.2. The number of rotatable bonds is 13. The summed E-state index contributed by atoms with van der Waals surface area (Å²) < 4.78 is 1.11. The molecular formula is C24H37BrFe. The van der Waals surface area contributed by atoms with Gasteiger partial charge in [0.25, 0.3) is 0 Å². The molecule has 0 amide bonds. The molecule has 0 N–H and O–H groups in total. The van der Waals surface area contributed by atoms with Gasteiger partial charge in [0.2, 0.25) is 0 Å². The first-order chi connectivity index (χ1) is 12.5. The maximum atomic E-state index is 4.41. The van der Waals surface area contributed by atoms with E-state index in [-0.39, 0.29) is 0 Å². The van der Waals surface area contributed by atoms with Gasteiger partial charge in [0.1, 0.15) is 0 Å². The van der Waals surface area contributed by atoms with Gasteiger partial charge >= 0.3 is 139 Å². The molecule has 0 nitrogen and oxygen atoms in total.